The van der Waals surface area contributed by atoms with Gasteiger partial charge < -0.3 is 19.2 Å². The maximum Gasteiger partial charge on any atom is 0.200 e. The molecule has 0 aliphatic heterocycles. The summed E-state index contributed by atoms with van der Waals surface area (Å²) < 4.78 is 17.1. The van der Waals surface area contributed by atoms with Crippen LogP contribution in [0.5, 0.6) is 11.5 Å². The molecule has 1 N–H and O–H groups in total. The second-order valence-electron chi connectivity index (χ2n) is 9.28. The van der Waals surface area contributed by atoms with E-state index in [4.69, 9.17) is 18.9 Å². The topological polar surface area (TPSA) is 73.6 Å². The third-order valence-corrected chi connectivity index (χ3v) is 6.99. The number of rotatable bonds is 7. The van der Waals surface area contributed by atoms with E-state index in [1.54, 1.807) is 19.2 Å². The standard InChI is InChI=1S/C31H28N2O4/c1-35-21-12-10-20(11-13-21)26-19-37-29-18-22(14-15-25(29)31(26)34)36-17-16-32-30-23-6-2-4-8-27(23)33-28-9-5-3-7-24(28)30/h2,4,6,8,10-15,18-19H,3,5,7,9,16-17H2,1H3,(H,32,33). The fourth-order valence-corrected chi connectivity index (χ4v) is 5.09. The van der Waals surface area contributed by atoms with E-state index in [0.717, 1.165) is 35.1 Å². The predicted molar refractivity (Wildman–Crippen MR) is 147 cm³/mol. The van der Waals surface area contributed by atoms with Crippen LogP contribution in [0, 0.1) is 0 Å². The van der Waals surface area contributed by atoms with Gasteiger partial charge in [0.25, 0.3) is 0 Å². The first-order valence-corrected chi connectivity index (χ1v) is 12.7. The highest BCUT2D eigenvalue weighted by atomic mass is 16.5. The lowest BCUT2D eigenvalue weighted by Gasteiger charge is -2.21. The summed E-state index contributed by atoms with van der Waals surface area (Å²) in [5, 5.41) is 5.30. The van der Waals surface area contributed by atoms with E-state index in [9.17, 15) is 4.79 Å². The van der Waals surface area contributed by atoms with Crippen LogP contribution in [0.4, 0.5) is 5.69 Å². The molecule has 0 saturated heterocycles. The number of ether oxygens (including phenoxy) is 2. The second-order valence-corrected chi connectivity index (χ2v) is 9.28. The van der Waals surface area contributed by atoms with Crippen molar-refractivity contribution >= 4 is 27.6 Å². The first kappa shape index (κ1) is 23.1. The molecule has 6 rings (SSSR count). The Morgan fingerprint density at radius 1 is 0.946 bits per heavy atom. The summed E-state index contributed by atoms with van der Waals surface area (Å²) in [5.41, 5.74) is 6.49. The molecule has 0 amide bonds. The Hall–Kier alpha value is -4.32. The average molecular weight is 493 g/mol. The minimum absolute atomic E-state index is 0.0750. The molecular formula is C31H28N2O4. The molecule has 0 unspecified atom stereocenters. The van der Waals surface area contributed by atoms with Crippen molar-refractivity contribution in [2.45, 2.75) is 25.7 Å². The molecule has 6 nitrogen and oxygen atoms in total. The molecule has 0 atom stereocenters. The first-order valence-electron chi connectivity index (χ1n) is 12.7. The zero-order chi connectivity index (χ0) is 25.2. The van der Waals surface area contributed by atoms with E-state index in [2.05, 4.69) is 23.5 Å². The Labute approximate surface area is 214 Å². The molecule has 0 saturated carbocycles. The van der Waals surface area contributed by atoms with Gasteiger partial charge in [0.1, 0.15) is 30.0 Å². The highest BCUT2D eigenvalue weighted by Crippen LogP contribution is 2.33. The lowest BCUT2D eigenvalue weighted by molar-refractivity contribution is 0.333. The van der Waals surface area contributed by atoms with Crippen molar-refractivity contribution in [3.8, 4) is 22.6 Å². The lowest BCUT2D eigenvalue weighted by atomic mass is 9.92. The molecule has 3 aromatic carbocycles. The Balaban J connectivity index is 1.17. The molecule has 0 spiro atoms. The summed E-state index contributed by atoms with van der Waals surface area (Å²) in [5.74, 6) is 1.40. The molecule has 186 valence electrons. The Morgan fingerprint density at radius 2 is 1.76 bits per heavy atom. The molecule has 0 radical (unpaired) electrons. The minimum Gasteiger partial charge on any atom is -0.497 e. The van der Waals surface area contributed by atoms with E-state index >= 15 is 0 Å². The molecule has 1 aliphatic carbocycles. The van der Waals surface area contributed by atoms with Gasteiger partial charge in [-0.3, -0.25) is 9.78 Å². The van der Waals surface area contributed by atoms with Crippen LogP contribution >= 0.6 is 0 Å². The van der Waals surface area contributed by atoms with Gasteiger partial charge in [-0.25, -0.2) is 0 Å². The van der Waals surface area contributed by atoms with Crippen LogP contribution in [0.3, 0.4) is 0 Å². The second kappa shape index (κ2) is 9.97. The van der Waals surface area contributed by atoms with Gasteiger partial charge in [0.15, 0.2) is 5.43 Å². The van der Waals surface area contributed by atoms with Crippen molar-refractivity contribution in [2.75, 3.05) is 25.6 Å². The van der Waals surface area contributed by atoms with Crippen molar-refractivity contribution in [1.29, 1.82) is 0 Å². The highest BCUT2D eigenvalue weighted by molar-refractivity contribution is 5.93. The number of para-hydroxylation sites is 1. The molecular weight excluding hydrogens is 464 g/mol. The van der Waals surface area contributed by atoms with E-state index in [-0.39, 0.29) is 5.43 Å². The zero-order valence-corrected chi connectivity index (χ0v) is 20.8. The van der Waals surface area contributed by atoms with Crippen LogP contribution in [-0.4, -0.2) is 25.2 Å². The van der Waals surface area contributed by atoms with Crippen LogP contribution in [-0.2, 0) is 12.8 Å². The highest BCUT2D eigenvalue weighted by Gasteiger charge is 2.18. The van der Waals surface area contributed by atoms with Gasteiger partial charge in [0.05, 0.1) is 23.6 Å². The first-order chi connectivity index (χ1) is 18.2. The third-order valence-electron chi connectivity index (χ3n) is 6.99. The van der Waals surface area contributed by atoms with Crippen molar-refractivity contribution in [3.05, 3.63) is 94.5 Å². The Morgan fingerprint density at radius 3 is 2.62 bits per heavy atom. The number of aryl methyl sites for hydroxylation is 1. The summed E-state index contributed by atoms with van der Waals surface area (Å²) in [7, 11) is 1.61. The number of fused-ring (bicyclic) bond motifs is 3. The number of hydrogen-bond donors (Lipinski definition) is 1. The largest absolute Gasteiger partial charge is 0.497 e. The van der Waals surface area contributed by atoms with Gasteiger partial charge in [0, 0.05) is 29.4 Å². The van der Waals surface area contributed by atoms with E-state index < -0.39 is 0 Å². The molecule has 2 heterocycles. The van der Waals surface area contributed by atoms with Gasteiger partial charge in [-0.1, -0.05) is 30.3 Å². The number of aromatic nitrogens is 1. The third kappa shape index (κ3) is 4.51. The SMILES string of the molecule is COc1ccc(-c2coc3cc(OCCNc4c5c(nc6ccccc46)CCCC5)ccc3c2=O)cc1. The van der Waals surface area contributed by atoms with E-state index in [1.807, 2.05) is 36.4 Å². The van der Waals surface area contributed by atoms with Crippen LogP contribution in [0.15, 0.2) is 82.2 Å². The molecule has 0 fully saturated rings. The number of nitrogens with one attached hydrogen (secondary N) is 1. The Kier molecular flexibility index (Phi) is 6.23. The number of methoxy groups -OCH3 is 1. The molecule has 37 heavy (non-hydrogen) atoms. The lowest BCUT2D eigenvalue weighted by Crippen LogP contribution is -2.16. The fourth-order valence-electron chi connectivity index (χ4n) is 5.09. The number of pyridine rings is 1. The summed E-state index contributed by atoms with van der Waals surface area (Å²) >= 11 is 0. The van der Waals surface area contributed by atoms with Crippen molar-refractivity contribution in [2.24, 2.45) is 0 Å². The summed E-state index contributed by atoms with van der Waals surface area (Å²) in [6.07, 6.45) is 5.99. The molecule has 6 heteroatoms. The molecule has 5 aromatic rings. The van der Waals surface area contributed by atoms with Crippen LogP contribution < -0.4 is 20.2 Å². The van der Waals surface area contributed by atoms with E-state index in [0.29, 0.717) is 35.4 Å². The number of anilines is 1. The van der Waals surface area contributed by atoms with Crippen molar-refractivity contribution in [1.82, 2.24) is 4.98 Å². The summed E-state index contributed by atoms with van der Waals surface area (Å²) in [6.45, 7) is 1.13. The zero-order valence-electron chi connectivity index (χ0n) is 20.8. The Bertz CT molecular complexity index is 1640. The maximum absolute atomic E-state index is 13.1. The quantitative estimate of drug-likeness (QED) is 0.266. The maximum atomic E-state index is 13.1. The van der Waals surface area contributed by atoms with Crippen LogP contribution in [0.2, 0.25) is 0 Å². The van der Waals surface area contributed by atoms with Gasteiger partial charge in [-0.05, 0) is 67.1 Å². The van der Waals surface area contributed by atoms with Gasteiger partial charge in [0.2, 0.25) is 0 Å². The number of hydrogen-bond acceptors (Lipinski definition) is 6. The summed E-state index contributed by atoms with van der Waals surface area (Å²) in [6, 6.07) is 21.0. The van der Waals surface area contributed by atoms with Crippen molar-refractivity contribution in [3.63, 3.8) is 0 Å². The minimum atomic E-state index is -0.0750. The smallest absolute Gasteiger partial charge is 0.200 e. The summed E-state index contributed by atoms with van der Waals surface area (Å²) in [4.78, 5) is 18.0. The van der Waals surface area contributed by atoms with Crippen molar-refractivity contribution < 1.29 is 13.9 Å². The predicted octanol–water partition coefficient (Wildman–Crippen LogP) is 6.39. The molecule has 1 aliphatic rings. The molecule has 0 bridgehead atoms. The van der Waals surface area contributed by atoms with Gasteiger partial charge in [-0.15, -0.1) is 0 Å². The average Bonchev–Trinajstić information content (AvgIpc) is 2.95. The molecule has 2 aromatic heterocycles. The number of nitrogens with zero attached hydrogens (tertiary/aromatic N) is 1. The van der Waals surface area contributed by atoms with Gasteiger partial charge >= 0.3 is 0 Å². The fraction of sp³-hybridized carbons (Fsp3) is 0.226. The number of benzene rings is 3. The van der Waals surface area contributed by atoms with Gasteiger partial charge in [-0.2, -0.15) is 0 Å². The van der Waals surface area contributed by atoms with E-state index in [1.165, 1.54) is 36.0 Å². The van der Waals surface area contributed by atoms with Crippen LogP contribution in [0.1, 0.15) is 24.1 Å². The van der Waals surface area contributed by atoms with Crippen LogP contribution in [0.25, 0.3) is 33.0 Å². The monoisotopic (exact) mass is 492 g/mol. The normalized spacial score (nSPS) is 12.9.